The molecule has 5 N–H and O–H groups in total. The van der Waals surface area contributed by atoms with Gasteiger partial charge in [-0.25, -0.2) is 9.65 Å². The third-order valence-electron chi connectivity index (χ3n) is 4.74. The van der Waals surface area contributed by atoms with Crippen molar-refractivity contribution in [2.45, 2.75) is 61.9 Å². The van der Waals surface area contributed by atoms with Crippen molar-refractivity contribution in [3.63, 3.8) is 0 Å². The summed E-state index contributed by atoms with van der Waals surface area (Å²) in [5.74, 6) is 0. The second-order valence-electron chi connectivity index (χ2n) is 6.43. The minimum absolute atomic E-state index is 0.163. The summed E-state index contributed by atoms with van der Waals surface area (Å²) in [6.07, 6.45) is -1.93. The van der Waals surface area contributed by atoms with Crippen molar-refractivity contribution in [2.75, 3.05) is 13.7 Å². The Balaban J connectivity index is 1.93. The number of nitrogens with one attached hydrogen (secondary N) is 2. The molecule has 0 aromatic heterocycles. The van der Waals surface area contributed by atoms with Gasteiger partial charge < -0.3 is 29.9 Å². The van der Waals surface area contributed by atoms with Crippen molar-refractivity contribution >= 4 is 23.4 Å². The molecule has 24 heavy (non-hydrogen) atoms. The van der Waals surface area contributed by atoms with Gasteiger partial charge in [-0.15, -0.1) is 0 Å². The molecule has 2 aliphatic heterocycles. The number of rotatable bonds is 7. The van der Waals surface area contributed by atoms with Gasteiger partial charge in [-0.05, 0) is 13.5 Å². The first-order valence-electron chi connectivity index (χ1n) is 8.29. The Labute approximate surface area is 143 Å². The van der Waals surface area contributed by atoms with Crippen molar-refractivity contribution in [3.8, 4) is 0 Å². The lowest BCUT2D eigenvalue weighted by Crippen LogP contribution is -2.45. The summed E-state index contributed by atoms with van der Waals surface area (Å²) in [6.45, 7) is 1.71. The normalized spacial score (nSPS) is 45.4. The first-order chi connectivity index (χ1) is 11.2. The maximum absolute atomic E-state index is 12.3. The van der Waals surface area contributed by atoms with E-state index in [9.17, 15) is 19.7 Å². The van der Waals surface area contributed by atoms with Crippen LogP contribution in [0.4, 0.5) is 0 Å². The van der Waals surface area contributed by atoms with E-state index in [0.29, 0.717) is 6.42 Å². The van der Waals surface area contributed by atoms with Crippen molar-refractivity contribution in [1.82, 2.24) is 10.4 Å². The molecule has 2 aliphatic rings. The predicted molar refractivity (Wildman–Crippen MR) is 92.3 cm³/mol. The fourth-order valence-electron chi connectivity index (χ4n) is 3.31. The number of ether oxygens (including phenoxy) is 2. The van der Waals surface area contributed by atoms with Crippen LogP contribution in [0.15, 0.2) is 0 Å². The lowest BCUT2D eigenvalue weighted by atomic mass is 9.92. The highest BCUT2D eigenvalue weighted by atomic mass is 31.2. The zero-order valence-electron chi connectivity index (χ0n) is 14.5. The summed E-state index contributed by atoms with van der Waals surface area (Å²) in [6, 6.07) is -1.88. The van der Waals surface area contributed by atoms with Gasteiger partial charge in [0, 0.05) is 0 Å². The summed E-state index contributed by atoms with van der Waals surface area (Å²) in [5.41, 5.74) is 0. The van der Waals surface area contributed by atoms with Crippen LogP contribution in [0.1, 0.15) is 13.3 Å². The number of hydrogen-bond acceptors (Lipinski definition) is 7. The summed E-state index contributed by atoms with van der Waals surface area (Å²) < 4.78 is 28.6. The third-order valence-corrected chi connectivity index (χ3v) is 5.86. The van der Waals surface area contributed by atoms with Crippen LogP contribution in [-0.4, -0.2) is 93.0 Å². The van der Waals surface area contributed by atoms with E-state index in [1.54, 1.807) is 22.7 Å². The molecule has 0 amide bonds. The molecule has 2 rings (SSSR count). The van der Waals surface area contributed by atoms with Crippen LogP contribution in [0.2, 0.25) is 0 Å². The second kappa shape index (κ2) is 8.16. The van der Waals surface area contributed by atoms with E-state index in [4.69, 9.17) is 14.0 Å². The minimum atomic E-state index is -4.16. The molecule has 138 valence electrons. The average molecular weight is 364 g/mol. The van der Waals surface area contributed by atoms with Gasteiger partial charge in [0.05, 0.1) is 55.1 Å². The van der Waals surface area contributed by atoms with Crippen LogP contribution in [0.3, 0.4) is 0 Å². The fourth-order valence-corrected chi connectivity index (χ4v) is 4.43. The fraction of sp³-hybridized carbons (Fsp3) is 1.00. The van der Waals surface area contributed by atoms with Gasteiger partial charge >= 0.3 is 7.75 Å². The largest absolute Gasteiger partial charge is 0.403 e. The molecule has 12 heteroatoms. The van der Waals surface area contributed by atoms with Gasteiger partial charge in [0.15, 0.2) is 0 Å². The van der Waals surface area contributed by atoms with Crippen LogP contribution < -0.4 is 10.4 Å². The topological polar surface area (TPSA) is 130 Å². The van der Waals surface area contributed by atoms with Crippen LogP contribution in [-0.2, 0) is 18.6 Å². The van der Waals surface area contributed by atoms with Gasteiger partial charge in [-0.2, -0.15) is 0 Å². The molecule has 2 saturated heterocycles. The van der Waals surface area contributed by atoms with Gasteiger partial charge in [0.25, 0.3) is 0 Å². The van der Waals surface area contributed by atoms with Gasteiger partial charge in [-0.1, -0.05) is 6.92 Å². The molecule has 9 nitrogen and oxygen atoms in total. The molecular formula is C12H27B2N2O7P. The van der Waals surface area contributed by atoms with E-state index >= 15 is 0 Å². The molecule has 9 atom stereocenters. The molecule has 2 heterocycles. The van der Waals surface area contributed by atoms with Gasteiger partial charge in [0.1, 0.15) is 15.7 Å². The number of hydrogen-bond donors (Lipinski definition) is 5. The van der Waals surface area contributed by atoms with Crippen LogP contribution in [0.25, 0.3) is 0 Å². The van der Waals surface area contributed by atoms with E-state index in [1.807, 2.05) is 6.92 Å². The average Bonchev–Trinajstić information content (AvgIpc) is 2.95. The SMILES string of the molecule is BC1O[C@H](COP(=O)(O)NC2[C@@H](CC)O[C@@H](B)[C@H]2O)[C@H](NC)C1O. The van der Waals surface area contributed by atoms with Crippen molar-refractivity contribution in [3.05, 3.63) is 0 Å². The van der Waals surface area contributed by atoms with E-state index in [0.717, 1.165) is 0 Å². The summed E-state index contributed by atoms with van der Waals surface area (Å²) in [4.78, 5) is 10.1. The quantitative estimate of drug-likeness (QED) is 0.231. The zero-order chi connectivity index (χ0) is 18.1. The van der Waals surface area contributed by atoms with Crippen LogP contribution >= 0.6 is 7.75 Å². The van der Waals surface area contributed by atoms with E-state index in [1.165, 1.54) is 0 Å². The standard InChI is InChI=1S/C12H27B2N2O7P/c1-3-5-8(10(18)12(14)22-5)16-24(19,20)21-4-6-7(15-2)9(17)11(13)23-6/h5-12,15,17-18H,3-4,13-14H2,1-2H3,(H2,16,19,20)/t5-,6-,7+,8?,9?,10+,11?,12-/m1/s1. The van der Waals surface area contributed by atoms with E-state index in [-0.39, 0.29) is 18.8 Å². The maximum atomic E-state index is 12.3. The highest BCUT2D eigenvalue weighted by molar-refractivity contribution is 7.50. The number of aliphatic hydroxyl groups is 2. The predicted octanol–water partition coefficient (Wildman–Crippen LogP) is -3.50. The molecule has 0 spiro atoms. The van der Waals surface area contributed by atoms with Gasteiger partial charge in [0.2, 0.25) is 0 Å². The Hall–Kier alpha value is 0.0399. The summed E-state index contributed by atoms with van der Waals surface area (Å²) in [5, 5.41) is 25.5. The molecule has 0 saturated carbocycles. The molecule has 4 unspecified atom stereocenters. The molecular weight excluding hydrogens is 337 g/mol. The molecule has 0 radical (unpaired) electrons. The highest BCUT2D eigenvalue weighted by Gasteiger charge is 2.45. The molecule has 0 aliphatic carbocycles. The highest BCUT2D eigenvalue weighted by Crippen LogP contribution is 2.41. The number of aliphatic hydroxyl groups excluding tert-OH is 2. The van der Waals surface area contributed by atoms with Crippen molar-refractivity contribution < 1.29 is 33.7 Å². The summed E-state index contributed by atoms with van der Waals surface area (Å²) in [7, 11) is 0.955. The zero-order valence-corrected chi connectivity index (χ0v) is 15.3. The second-order valence-corrected chi connectivity index (χ2v) is 7.99. The summed E-state index contributed by atoms with van der Waals surface area (Å²) >= 11 is 0. The van der Waals surface area contributed by atoms with Crippen molar-refractivity contribution in [1.29, 1.82) is 0 Å². The first-order valence-corrected chi connectivity index (χ1v) is 9.87. The Morgan fingerprint density at radius 1 is 1.12 bits per heavy atom. The monoisotopic (exact) mass is 364 g/mol. The van der Waals surface area contributed by atoms with Crippen LogP contribution in [0, 0.1) is 0 Å². The first kappa shape index (κ1) is 20.4. The lowest BCUT2D eigenvalue weighted by molar-refractivity contribution is 0.0297. The molecule has 0 bridgehead atoms. The van der Waals surface area contributed by atoms with E-state index in [2.05, 4.69) is 10.4 Å². The Bertz CT molecular complexity index is 477. The Kier molecular flexibility index (Phi) is 6.92. The van der Waals surface area contributed by atoms with Crippen molar-refractivity contribution in [2.24, 2.45) is 0 Å². The van der Waals surface area contributed by atoms with Gasteiger partial charge in [-0.3, -0.25) is 4.52 Å². The molecule has 0 aromatic carbocycles. The molecule has 2 fully saturated rings. The number of likely N-dealkylation sites (N-methyl/N-ethyl adjacent to an activating group) is 1. The lowest BCUT2D eigenvalue weighted by Gasteiger charge is -2.25. The molecule has 0 aromatic rings. The third kappa shape index (κ3) is 4.41. The van der Waals surface area contributed by atoms with Crippen LogP contribution in [0.5, 0.6) is 0 Å². The minimum Gasteiger partial charge on any atom is -0.390 e. The Morgan fingerprint density at radius 3 is 2.21 bits per heavy atom. The van der Waals surface area contributed by atoms with E-state index < -0.39 is 44.1 Å². The Morgan fingerprint density at radius 2 is 1.67 bits per heavy atom. The maximum Gasteiger partial charge on any atom is 0.403 e. The smallest absolute Gasteiger partial charge is 0.390 e.